The predicted octanol–water partition coefficient (Wildman–Crippen LogP) is 2.15. The molecule has 2 nitrogen and oxygen atoms in total. The molecule has 0 aliphatic carbocycles. The van der Waals surface area contributed by atoms with Crippen LogP contribution in [0.25, 0.3) is 0 Å². The number of aliphatic imine (C=N–C) groups is 1. The molecule has 1 rings (SSSR count). The number of carbonyl (C=O) groups is 1. The lowest BCUT2D eigenvalue weighted by Gasteiger charge is -2.18. The third-order valence-corrected chi connectivity index (χ3v) is 3.65. The minimum Gasteiger partial charge on any atom is -0.287 e. The van der Waals surface area contributed by atoms with Gasteiger partial charge < -0.3 is 0 Å². The predicted molar refractivity (Wildman–Crippen MR) is 52.2 cm³/mol. The van der Waals surface area contributed by atoms with E-state index in [4.69, 9.17) is 0 Å². The van der Waals surface area contributed by atoms with Crippen molar-refractivity contribution in [3.05, 3.63) is 0 Å². The Balaban J connectivity index is 2.52. The molecular formula is C7H11NOS2. The second-order valence-corrected chi connectivity index (χ2v) is 6.30. The van der Waals surface area contributed by atoms with Gasteiger partial charge in [0.1, 0.15) is 0 Å². The van der Waals surface area contributed by atoms with Crippen molar-refractivity contribution in [1.82, 2.24) is 0 Å². The standard InChI is InChI=1S/C7H11NOS2/c1-5-8-4-7(3,10-5)11-6(2)9/h4H2,1-3H3. The molecule has 0 N–H and O–H groups in total. The number of hydrogen-bond donors (Lipinski definition) is 0. The Labute approximate surface area is 75.2 Å². The number of carbonyl (C=O) groups excluding carboxylic acids is 1. The molecule has 0 saturated heterocycles. The highest BCUT2D eigenvalue weighted by molar-refractivity contribution is 8.31. The molecule has 0 amide bonds. The van der Waals surface area contributed by atoms with E-state index in [2.05, 4.69) is 11.9 Å². The summed E-state index contributed by atoms with van der Waals surface area (Å²) < 4.78 is -0.0318. The van der Waals surface area contributed by atoms with Crippen LogP contribution in [-0.4, -0.2) is 20.8 Å². The van der Waals surface area contributed by atoms with Gasteiger partial charge in [-0.3, -0.25) is 9.79 Å². The van der Waals surface area contributed by atoms with Crippen molar-refractivity contribution >= 4 is 33.7 Å². The number of thioether (sulfide) groups is 2. The minimum atomic E-state index is -0.0318. The molecule has 0 saturated carbocycles. The quantitative estimate of drug-likeness (QED) is 0.633. The lowest BCUT2D eigenvalue weighted by molar-refractivity contribution is -0.109. The monoisotopic (exact) mass is 189 g/mol. The fourth-order valence-corrected chi connectivity index (χ4v) is 3.49. The van der Waals surface area contributed by atoms with Gasteiger partial charge in [0.25, 0.3) is 0 Å². The maximum absolute atomic E-state index is 10.8. The highest BCUT2D eigenvalue weighted by Gasteiger charge is 2.32. The Hall–Kier alpha value is 0.0400. The minimum absolute atomic E-state index is 0.0318. The van der Waals surface area contributed by atoms with Gasteiger partial charge in [0, 0.05) is 6.92 Å². The van der Waals surface area contributed by atoms with Gasteiger partial charge in [-0.2, -0.15) is 0 Å². The van der Waals surface area contributed by atoms with Crippen LogP contribution in [-0.2, 0) is 4.79 Å². The normalized spacial score (nSPS) is 30.3. The van der Waals surface area contributed by atoms with Gasteiger partial charge >= 0.3 is 0 Å². The van der Waals surface area contributed by atoms with Crippen LogP contribution in [0.15, 0.2) is 4.99 Å². The van der Waals surface area contributed by atoms with Crippen molar-refractivity contribution in [1.29, 1.82) is 0 Å². The van der Waals surface area contributed by atoms with E-state index in [1.165, 1.54) is 11.8 Å². The molecule has 0 spiro atoms. The van der Waals surface area contributed by atoms with Crippen LogP contribution < -0.4 is 0 Å². The van der Waals surface area contributed by atoms with Gasteiger partial charge in [-0.1, -0.05) is 23.5 Å². The van der Waals surface area contributed by atoms with E-state index < -0.39 is 0 Å². The van der Waals surface area contributed by atoms with Gasteiger partial charge in [0.2, 0.25) is 0 Å². The van der Waals surface area contributed by atoms with Crippen LogP contribution >= 0.6 is 23.5 Å². The zero-order valence-electron chi connectivity index (χ0n) is 6.88. The molecule has 1 atom stereocenters. The van der Waals surface area contributed by atoms with E-state index in [1.54, 1.807) is 18.7 Å². The third-order valence-electron chi connectivity index (χ3n) is 1.31. The second kappa shape index (κ2) is 3.19. The second-order valence-electron chi connectivity index (χ2n) is 2.66. The molecule has 0 aromatic carbocycles. The molecular weight excluding hydrogens is 178 g/mol. The molecule has 0 aromatic heterocycles. The van der Waals surface area contributed by atoms with Crippen molar-refractivity contribution in [2.45, 2.75) is 24.9 Å². The number of nitrogens with zero attached hydrogens (tertiary/aromatic N) is 1. The zero-order valence-corrected chi connectivity index (χ0v) is 8.51. The smallest absolute Gasteiger partial charge is 0.187 e. The fourth-order valence-electron chi connectivity index (χ4n) is 0.989. The largest absolute Gasteiger partial charge is 0.287 e. The van der Waals surface area contributed by atoms with E-state index >= 15 is 0 Å². The summed E-state index contributed by atoms with van der Waals surface area (Å²) in [6.07, 6.45) is 0. The van der Waals surface area contributed by atoms with Gasteiger partial charge in [0.05, 0.1) is 15.7 Å². The topological polar surface area (TPSA) is 29.4 Å². The van der Waals surface area contributed by atoms with Crippen molar-refractivity contribution in [3.8, 4) is 0 Å². The Morgan fingerprint density at radius 1 is 1.82 bits per heavy atom. The van der Waals surface area contributed by atoms with Crippen LogP contribution in [0.1, 0.15) is 20.8 Å². The highest BCUT2D eigenvalue weighted by Crippen LogP contribution is 2.42. The molecule has 0 radical (unpaired) electrons. The van der Waals surface area contributed by atoms with E-state index in [0.717, 1.165) is 11.6 Å². The zero-order chi connectivity index (χ0) is 8.48. The molecule has 1 unspecified atom stereocenters. The van der Waals surface area contributed by atoms with Gasteiger partial charge in [0.15, 0.2) is 5.12 Å². The first-order valence-electron chi connectivity index (χ1n) is 3.41. The van der Waals surface area contributed by atoms with Gasteiger partial charge in [-0.25, -0.2) is 0 Å². The summed E-state index contributed by atoms with van der Waals surface area (Å²) in [4.78, 5) is 15.1. The van der Waals surface area contributed by atoms with Gasteiger partial charge in [-0.15, -0.1) is 0 Å². The summed E-state index contributed by atoms with van der Waals surface area (Å²) in [7, 11) is 0. The molecule has 0 fully saturated rings. The summed E-state index contributed by atoms with van der Waals surface area (Å²) in [5.74, 6) is 0. The maximum atomic E-state index is 10.8. The van der Waals surface area contributed by atoms with E-state index in [-0.39, 0.29) is 9.19 Å². The van der Waals surface area contributed by atoms with E-state index in [0.29, 0.717) is 0 Å². The summed E-state index contributed by atoms with van der Waals surface area (Å²) in [6, 6.07) is 0. The lowest BCUT2D eigenvalue weighted by atomic mass is 10.5. The first kappa shape index (κ1) is 9.13. The van der Waals surface area contributed by atoms with Crippen LogP contribution in [0.2, 0.25) is 0 Å². The van der Waals surface area contributed by atoms with Crippen molar-refractivity contribution in [2.24, 2.45) is 4.99 Å². The first-order valence-corrected chi connectivity index (χ1v) is 5.05. The maximum Gasteiger partial charge on any atom is 0.187 e. The lowest BCUT2D eigenvalue weighted by Crippen LogP contribution is -2.17. The molecule has 62 valence electrons. The van der Waals surface area contributed by atoms with Crippen LogP contribution in [0.3, 0.4) is 0 Å². The Morgan fingerprint density at radius 3 is 2.82 bits per heavy atom. The Bertz CT molecular complexity index is 214. The summed E-state index contributed by atoms with van der Waals surface area (Å²) in [5.41, 5.74) is 0. The molecule has 0 bridgehead atoms. The van der Waals surface area contributed by atoms with Crippen molar-refractivity contribution in [3.63, 3.8) is 0 Å². The summed E-state index contributed by atoms with van der Waals surface area (Å²) in [6.45, 7) is 6.40. The summed E-state index contributed by atoms with van der Waals surface area (Å²) in [5, 5.41) is 1.26. The van der Waals surface area contributed by atoms with E-state index in [9.17, 15) is 4.79 Å². The Kier molecular flexibility index (Phi) is 2.65. The molecule has 1 aliphatic rings. The molecule has 4 heteroatoms. The number of rotatable bonds is 1. The van der Waals surface area contributed by atoms with E-state index in [1.807, 2.05) is 6.92 Å². The molecule has 11 heavy (non-hydrogen) atoms. The van der Waals surface area contributed by atoms with Crippen molar-refractivity contribution < 1.29 is 4.79 Å². The van der Waals surface area contributed by atoms with Crippen LogP contribution in [0.5, 0.6) is 0 Å². The molecule has 0 aromatic rings. The van der Waals surface area contributed by atoms with Crippen molar-refractivity contribution in [2.75, 3.05) is 6.54 Å². The first-order chi connectivity index (χ1) is 5.02. The van der Waals surface area contributed by atoms with Gasteiger partial charge in [-0.05, 0) is 13.8 Å². The SMILES string of the molecule is CC(=O)SC1(C)CN=C(C)S1. The fraction of sp³-hybridized carbons (Fsp3) is 0.714. The van der Waals surface area contributed by atoms with Crippen LogP contribution in [0.4, 0.5) is 0 Å². The van der Waals surface area contributed by atoms with Crippen LogP contribution in [0, 0.1) is 0 Å². The average molecular weight is 189 g/mol. The Morgan fingerprint density at radius 2 is 2.45 bits per heavy atom. The average Bonchev–Trinajstić information content (AvgIpc) is 2.08. The molecule has 1 heterocycles. The number of hydrogen-bond acceptors (Lipinski definition) is 4. The third kappa shape index (κ3) is 2.52. The summed E-state index contributed by atoms with van der Waals surface area (Å²) >= 11 is 3.07. The highest BCUT2D eigenvalue weighted by atomic mass is 32.2. The molecule has 1 aliphatic heterocycles.